The summed E-state index contributed by atoms with van der Waals surface area (Å²) in [6.45, 7) is 1.91. The van der Waals surface area contributed by atoms with E-state index in [0.29, 0.717) is 5.39 Å². The number of pyridine rings is 2. The Morgan fingerprint density at radius 2 is 1.48 bits per heavy atom. The lowest BCUT2D eigenvalue weighted by atomic mass is 10.0. The van der Waals surface area contributed by atoms with Crippen molar-refractivity contribution in [2.24, 2.45) is 0 Å². The zero-order valence-electron chi connectivity index (χ0n) is 12.3. The molecule has 0 saturated heterocycles. The summed E-state index contributed by atoms with van der Waals surface area (Å²) in [7, 11) is 0. The van der Waals surface area contributed by atoms with Gasteiger partial charge in [0.2, 0.25) is 5.52 Å². The topological polar surface area (TPSA) is 85.0 Å². The molecule has 0 amide bonds. The summed E-state index contributed by atoms with van der Waals surface area (Å²) >= 11 is 0. The van der Waals surface area contributed by atoms with Gasteiger partial charge in [-0.3, -0.25) is 0 Å². The lowest BCUT2D eigenvalue weighted by molar-refractivity contribution is -0.516. The van der Waals surface area contributed by atoms with Crippen molar-refractivity contribution in [1.82, 2.24) is 0 Å². The largest absolute Gasteiger partial charge is 0.504 e. The maximum absolute atomic E-state index is 10.0. The average Bonchev–Trinajstić information content (AvgIpc) is 2.53. The number of hydrogen-bond donors (Lipinski definition) is 4. The van der Waals surface area contributed by atoms with Gasteiger partial charge in [0.15, 0.2) is 34.9 Å². The molecule has 5 nitrogen and oxygen atoms in total. The van der Waals surface area contributed by atoms with Crippen molar-refractivity contribution in [3.63, 3.8) is 0 Å². The van der Waals surface area contributed by atoms with Gasteiger partial charge < -0.3 is 20.4 Å². The average molecular weight is 308 g/mol. The molecule has 23 heavy (non-hydrogen) atoms. The van der Waals surface area contributed by atoms with Crippen LogP contribution in [0, 0.1) is 6.92 Å². The van der Waals surface area contributed by atoms with Crippen LogP contribution in [0.5, 0.6) is 23.0 Å². The second-order valence-corrected chi connectivity index (χ2v) is 5.62. The predicted octanol–water partition coefficient (Wildman–Crippen LogP) is 2.86. The molecule has 2 aromatic heterocycles. The summed E-state index contributed by atoms with van der Waals surface area (Å²) in [6, 6.07) is 9.84. The molecule has 0 spiro atoms. The van der Waals surface area contributed by atoms with Gasteiger partial charge in [0.05, 0.1) is 10.8 Å². The molecule has 0 aliphatic carbocycles. The molecule has 4 N–H and O–H groups in total. The van der Waals surface area contributed by atoms with Gasteiger partial charge in [-0.25, -0.2) is 0 Å². The number of aryl methyl sites for hydroxylation is 1. The highest BCUT2D eigenvalue weighted by Gasteiger charge is 2.18. The molecule has 0 saturated carbocycles. The Morgan fingerprint density at radius 1 is 0.739 bits per heavy atom. The highest BCUT2D eigenvalue weighted by atomic mass is 16.3. The molecular formula is C18H14NO4+. The van der Waals surface area contributed by atoms with E-state index in [1.807, 2.05) is 17.4 Å². The van der Waals surface area contributed by atoms with Crippen LogP contribution in [0.15, 0.2) is 42.6 Å². The first-order valence-corrected chi connectivity index (χ1v) is 7.11. The second-order valence-electron chi connectivity index (χ2n) is 5.62. The molecule has 2 heterocycles. The number of phenolic OH excluding ortho intramolecular Hbond substituents is 4. The maximum Gasteiger partial charge on any atom is 0.219 e. The smallest absolute Gasteiger partial charge is 0.219 e. The van der Waals surface area contributed by atoms with E-state index in [0.717, 1.165) is 27.4 Å². The standard InChI is InChI=1S/C18H13NO4/c1-9-13-8-17(22)16(21)7-10(13)6-14-11-2-3-15(20)18(23)12(11)4-5-19(9)14/h2-8H,1H3,(H3,20,21,22,23)/p+1. The van der Waals surface area contributed by atoms with Crippen LogP contribution < -0.4 is 4.40 Å². The maximum atomic E-state index is 10.0. The molecule has 4 rings (SSSR count). The minimum Gasteiger partial charge on any atom is -0.504 e. The molecule has 0 bridgehead atoms. The first-order valence-electron chi connectivity index (χ1n) is 7.11. The van der Waals surface area contributed by atoms with Crippen molar-refractivity contribution in [3.8, 4) is 23.0 Å². The summed E-state index contributed by atoms with van der Waals surface area (Å²) in [5.41, 5.74) is 1.72. The summed E-state index contributed by atoms with van der Waals surface area (Å²) < 4.78 is 1.94. The normalized spacial score (nSPS) is 11.5. The number of aromatic nitrogens is 1. The summed E-state index contributed by atoms with van der Waals surface area (Å²) in [4.78, 5) is 0. The van der Waals surface area contributed by atoms with Crippen molar-refractivity contribution in [2.45, 2.75) is 6.92 Å². The molecule has 0 unspecified atom stereocenters. The summed E-state index contributed by atoms with van der Waals surface area (Å²) in [5.74, 6) is -0.663. The first kappa shape index (κ1) is 13.5. The van der Waals surface area contributed by atoms with Gasteiger partial charge in [-0.15, -0.1) is 0 Å². The van der Waals surface area contributed by atoms with Gasteiger partial charge in [0.1, 0.15) is 0 Å². The highest BCUT2D eigenvalue weighted by molar-refractivity contribution is 6.01. The van der Waals surface area contributed by atoms with Gasteiger partial charge in [0.25, 0.3) is 0 Å². The van der Waals surface area contributed by atoms with Crippen molar-refractivity contribution in [3.05, 3.63) is 48.3 Å². The van der Waals surface area contributed by atoms with Crippen molar-refractivity contribution >= 4 is 27.1 Å². The first-order chi connectivity index (χ1) is 11.0. The zero-order chi connectivity index (χ0) is 16.3. The lowest BCUT2D eigenvalue weighted by Crippen LogP contribution is -2.25. The fourth-order valence-electron chi connectivity index (χ4n) is 3.09. The van der Waals surface area contributed by atoms with E-state index in [9.17, 15) is 20.4 Å². The van der Waals surface area contributed by atoms with Gasteiger partial charge >= 0.3 is 0 Å². The zero-order valence-corrected chi connectivity index (χ0v) is 12.3. The fraction of sp³-hybridized carbons (Fsp3) is 0.0556. The van der Waals surface area contributed by atoms with E-state index in [1.54, 1.807) is 18.3 Å². The molecule has 114 valence electrons. The van der Waals surface area contributed by atoms with E-state index >= 15 is 0 Å². The van der Waals surface area contributed by atoms with Crippen LogP contribution in [0.1, 0.15) is 5.69 Å². The highest BCUT2D eigenvalue weighted by Crippen LogP contribution is 2.36. The number of rotatable bonds is 0. The van der Waals surface area contributed by atoms with Crippen LogP contribution >= 0.6 is 0 Å². The molecule has 5 heteroatoms. The third-order valence-corrected chi connectivity index (χ3v) is 4.31. The van der Waals surface area contributed by atoms with Gasteiger partial charge in [-0.2, -0.15) is 4.40 Å². The number of fused-ring (bicyclic) bond motifs is 4. The number of phenols is 4. The number of nitrogens with zero attached hydrogens (tertiary/aromatic N) is 1. The molecular weight excluding hydrogens is 294 g/mol. The second kappa shape index (κ2) is 4.39. The molecule has 0 fully saturated rings. The predicted molar refractivity (Wildman–Crippen MR) is 86.0 cm³/mol. The Balaban J connectivity index is 2.25. The van der Waals surface area contributed by atoms with E-state index in [-0.39, 0.29) is 23.0 Å². The Kier molecular flexibility index (Phi) is 2.57. The number of hydrogen-bond acceptors (Lipinski definition) is 4. The van der Waals surface area contributed by atoms with Gasteiger partial charge in [-0.1, -0.05) is 0 Å². The van der Waals surface area contributed by atoms with Crippen LogP contribution in [0.25, 0.3) is 27.1 Å². The Morgan fingerprint density at radius 3 is 2.26 bits per heavy atom. The van der Waals surface area contributed by atoms with Crippen LogP contribution in [0.4, 0.5) is 0 Å². The molecule has 0 aliphatic heterocycles. The van der Waals surface area contributed by atoms with Crippen molar-refractivity contribution in [1.29, 1.82) is 0 Å². The SMILES string of the molecule is Cc1c2cc(O)c(O)cc2cc2c3ccc(O)c(O)c3cc[n+]12. The van der Waals surface area contributed by atoms with Crippen LogP contribution in [0.3, 0.4) is 0 Å². The van der Waals surface area contributed by atoms with Crippen molar-refractivity contribution < 1.29 is 24.8 Å². The quantitative estimate of drug-likeness (QED) is 0.174. The van der Waals surface area contributed by atoms with E-state index in [4.69, 9.17) is 0 Å². The molecule has 2 aromatic carbocycles. The van der Waals surface area contributed by atoms with Gasteiger partial charge in [0, 0.05) is 24.4 Å². The third kappa shape index (κ3) is 1.76. The Labute approximate surface area is 130 Å². The molecule has 0 radical (unpaired) electrons. The number of benzene rings is 2. The van der Waals surface area contributed by atoms with Crippen LogP contribution in [-0.4, -0.2) is 20.4 Å². The lowest BCUT2D eigenvalue weighted by Gasteiger charge is -2.07. The van der Waals surface area contributed by atoms with E-state index < -0.39 is 0 Å². The van der Waals surface area contributed by atoms with E-state index in [2.05, 4.69) is 0 Å². The molecule has 0 atom stereocenters. The summed E-state index contributed by atoms with van der Waals surface area (Å²) in [6.07, 6.45) is 1.80. The van der Waals surface area contributed by atoms with Gasteiger partial charge in [-0.05, 0) is 29.7 Å². The van der Waals surface area contributed by atoms with Crippen molar-refractivity contribution in [2.75, 3.05) is 0 Å². The Hall–Kier alpha value is -3.21. The van der Waals surface area contributed by atoms with Crippen LogP contribution in [-0.2, 0) is 0 Å². The minimum atomic E-state index is -0.179. The Bertz CT molecular complexity index is 1120. The van der Waals surface area contributed by atoms with Crippen LogP contribution in [0.2, 0.25) is 0 Å². The fourth-order valence-corrected chi connectivity index (χ4v) is 3.09. The monoisotopic (exact) mass is 308 g/mol. The van der Waals surface area contributed by atoms with E-state index in [1.165, 1.54) is 18.2 Å². The number of aromatic hydroxyl groups is 4. The minimum absolute atomic E-state index is 0.156. The molecule has 4 aromatic rings. The molecule has 0 aliphatic rings. The third-order valence-electron chi connectivity index (χ3n) is 4.31. The summed E-state index contributed by atoms with van der Waals surface area (Å²) in [5, 5.41) is 42.1.